The van der Waals surface area contributed by atoms with Crippen molar-refractivity contribution in [2.75, 3.05) is 25.0 Å². The molecule has 21 heavy (non-hydrogen) atoms. The van der Waals surface area contributed by atoms with E-state index in [-0.39, 0.29) is 17.8 Å². The fourth-order valence-corrected chi connectivity index (χ4v) is 3.46. The highest BCUT2D eigenvalue weighted by Gasteiger charge is 2.31. The number of esters is 1. The first kappa shape index (κ1) is 15.8. The van der Waals surface area contributed by atoms with Gasteiger partial charge in [-0.3, -0.25) is 9.59 Å². The Hall–Kier alpha value is -1.63. The molecule has 0 radical (unpaired) electrons. The van der Waals surface area contributed by atoms with E-state index in [9.17, 15) is 9.59 Å². The summed E-state index contributed by atoms with van der Waals surface area (Å²) in [6, 6.07) is 0. The second kappa shape index (κ2) is 7.40. The molecule has 0 saturated carbocycles. The number of thiazole rings is 1. The molecule has 1 aromatic heterocycles. The van der Waals surface area contributed by atoms with Gasteiger partial charge in [-0.2, -0.15) is 0 Å². The van der Waals surface area contributed by atoms with E-state index in [2.05, 4.69) is 15.6 Å². The molecule has 0 bridgehead atoms. The molecule has 6 nitrogen and oxygen atoms in total. The second-order valence-electron chi connectivity index (χ2n) is 4.93. The molecule has 0 saturated heterocycles. The summed E-state index contributed by atoms with van der Waals surface area (Å²) >= 11 is 1.59. The van der Waals surface area contributed by atoms with E-state index in [1.807, 2.05) is 6.92 Å². The largest absolute Gasteiger partial charge is 0.465 e. The highest BCUT2D eigenvalue weighted by atomic mass is 32.1. The first-order valence-electron chi connectivity index (χ1n) is 7.26. The zero-order chi connectivity index (χ0) is 15.2. The maximum absolute atomic E-state index is 12.0. The lowest BCUT2D eigenvalue weighted by atomic mass is 9.91. The molecule has 1 amide bonds. The van der Waals surface area contributed by atoms with Crippen LogP contribution in [0.1, 0.15) is 43.2 Å². The summed E-state index contributed by atoms with van der Waals surface area (Å²) in [6.45, 7) is 4.89. The minimum Gasteiger partial charge on any atom is -0.465 e. The predicted octanol–water partition coefficient (Wildman–Crippen LogP) is 1.67. The molecule has 1 unspecified atom stereocenters. The van der Waals surface area contributed by atoms with Gasteiger partial charge in [-0.15, -0.1) is 11.3 Å². The van der Waals surface area contributed by atoms with E-state index in [4.69, 9.17) is 4.74 Å². The molecule has 1 aromatic rings. The first-order chi connectivity index (χ1) is 10.1. The van der Waals surface area contributed by atoms with Gasteiger partial charge in [0.1, 0.15) is 5.92 Å². The molecule has 1 atom stereocenters. The van der Waals surface area contributed by atoms with Crippen LogP contribution in [0.25, 0.3) is 0 Å². The zero-order valence-corrected chi connectivity index (χ0v) is 13.2. The Labute approximate surface area is 128 Å². The minimum absolute atomic E-state index is 0.0439. The van der Waals surface area contributed by atoms with Crippen molar-refractivity contribution >= 4 is 28.3 Å². The Morgan fingerprint density at radius 3 is 2.95 bits per heavy atom. The van der Waals surface area contributed by atoms with Crippen molar-refractivity contribution in [1.29, 1.82) is 0 Å². The van der Waals surface area contributed by atoms with Crippen molar-refractivity contribution < 1.29 is 14.3 Å². The number of fused-ring (bicyclic) bond motifs is 1. The third-order valence-electron chi connectivity index (χ3n) is 3.30. The number of nitrogens with one attached hydrogen (secondary N) is 2. The van der Waals surface area contributed by atoms with Gasteiger partial charge in [0.2, 0.25) is 5.91 Å². The maximum Gasteiger partial charge on any atom is 0.315 e. The van der Waals surface area contributed by atoms with Crippen molar-refractivity contribution in [2.45, 2.75) is 39.0 Å². The Morgan fingerprint density at radius 1 is 1.43 bits per heavy atom. The molecule has 0 aromatic carbocycles. The lowest BCUT2D eigenvalue weighted by molar-refractivity contribution is -0.145. The van der Waals surface area contributed by atoms with Crippen LogP contribution in [-0.4, -0.2) is 36.6 Å². The number of anilines is 1. The van der Waals surface area contributed by atoms with Crippen molar-refractivity contribution in [3.05, 3.63) is 10.6 Å². The van der Waals surface area contributed by atoms with Gasteiger partial charge in [-0.1, -0.05) is 0 Å². The lowest BCUT2D eigenvalue weighted by Gasteiger charge is -2.19. The third kappa shape index (κ3) is 4.17. The normalized spacial score (nSPS) is 17.0. The molecular formula is C14H21N3O3S. The average molecular weight is 311 g/mol. The van der Waals surface area contributed by atoms with Gasteiger partial charge in [0.25, 0.3) is 0 Å². The van der Waals surface area contributed by atoms with E-state index < -0.39 is 0 Å². The van der Waals surface area contributed by atoms with Crippen LogP contribution >= 0.6 is 11.3 Å². The number of hydrogen-bond acceptors (Lipinski definition) is 6. The van der Waals surface area contributed by atoms with Gasteiger partial charge >= 0.3 is 5.97 Å². The van der Waals surface area contributed by atoms with Crippen LogP contribution in [0, 0.1) is 0 Å². The number of carbonyl (C=O) groups excluding carboxylic acids is 2. The number of hydrogen-bond donors (Lipinski definition) is 2. The van der Waals surface area contributed by atoms with Crippen molar-refractivity contribution in [3.8, 4) is 0 Å². The average Bonchev–Trinajstić information content (AvgIpc) is 2.86. The predicted molar refractivity (Wildman–Crippen MR) is 81.6 cm³/mol. The Morgan fingerprint density at radius 2 is 2.24 bits per heavy atom. The molecule has 1 aliphatic rings. The number of aromatic nitrogens is 1. The summed E-state index contributed by atoms with van der Waals surface area (Å²) in [4.78, 5) is 28.5. The summed E-state index contributed by atoms with van der Waals surface area (Å²) in [7, 11) is 0. The molecule has 1 aliphatic carbocycles. The zero-order valence-electron chi connectivity index (χ0n) is 12.4. The fourth-order valence-electron chi connectivity index (χ4n) is 2.37. The summed E-state index contributed by atoms with van der Waals surface area (Å²) in [6.07, 6.45) is 2.77. The van der Waals surface area contributed by atoms with Gasteiger partial charge < -0.3 is 15.4 Å². The molecule has 0 aliphatic heterocycles. The SMILES string of the molecule is CCOC(=O)C1CCCc2sc(NCCNC(C)=O)nc21. The molecule has 2 rings (SSSR count). The molecular weight excluding hydrogens is 290 g/mol. The highest BCUT2D eigenvalue weighted by molar-refractivity contribution is 7.15. The van der Waals surface area contributed by atoms with E-state index in [1.54, 1.807) is 11.3 Å². The fraction of sp³-hybridized carbons (Fsp3) is 0.643. The van der Waals surface area contributed by atoms with E-state index >= 15 is 0 Å². The maximum atomic E-state index is 12.0. The Balaban J connectivity index is 1.98. The van der Waals surface area contributed by atoms with Crippen LogP contribution in [0.2, 0.25) is 0 Å². The molecule has 116 valence electrons. The molecule has 0 spiro atoms. The summed E-state index contributed by atoms with van der Waals surface area (Å²) < 4.78 is 5.13. The Bertz CT molecular complexity index is 516. The summed E-state index contributed by atoms with van der Waals surface area (Å²) in [5.74, 6) is -0.443. The van der Waals surface area contributed by atoms with Gasteiger partial charge in [0.15, 0.2) is 5.13 Å². The number of rotatable bonds is 6. The van der Waals surface area contributed by atoms with Crippen molar-refractivity contribution in [3.63, 3.8) is 0 Å². The third-order valence-corrected chi connectivity index (χ3v) is 4.39. The number of carbonyl (C=O) groups is 2. The van der Waals surface area contributed by atoms with Gasteiger partial charge in [-0.05, 0) is 26.2 Å². The van der Waals surface area contributed by atoms with Crippen LogP contribution in [0.3, 0.4) is 0 Å². The first-order valence-corrected chi connectivity index (χ1v) is 8.08. The van der Waals surface area contributed by atoms with E-state index in [0.29, 0.717) is 19.7 Å². The number of nitrogens with zero attached hydrogens (tertiary/aromatic N) is 1. The van der Waals surface area contributed by atoms with E-state index in [0.717, 1.165) is 30.1 Å². The van der Waals surface area contributed by atoms with Gasteiger partial charge in [0.05, 0.1) is 12.3 Å². The second-order valence-corrected chi connectivity index (χ2v) is 6.02. The van der Waals surface area contributed by atoms with Crippen LogP contribution < -0.4 is 10.6 Å². The topological polar surface area (TPSA) is 80.3 Å². The monoisotopic (exact) mass is 311 g/mol. The summed E-state index contributed by atoms with van der Waals surface area (Å²) in [5.41, 5.74) is 0.867. The molecule has 1 heterocycles. The van der Waals surface area contributed by atoms with Gasteiger partial charge in [-0.25, -0.2) is 4.98 Å². The van der Waals surface area contributed by atoms with Crippen LogP contribution in [-0.2, 0) is 20.7 Å². The standard InChI is InChI=1S/C14H21N3O3S/c1-3-20-13(19)10-5-4-6-11-12(10)17-14(21-11)16-8-7-15-9(2)18/h10H,3-8H2,1-2H3,(H,15,18)(H,16,17). The van der Waals surface area contributed by atoms with Crippen LogP contribution in [0.15, 0.2) is 0 Å². The lowest BCUT2D eigenvalue weighted by Crippen LogP contribution is -2.26. The van der Waals surface area contributed by atoms with E-state index in [1.165, 1.54) is 11.8 Å². The smallest absolute Gasteiger partial charge is 0.315 e. The van der Waals surface area contributed by atoms with Crippen LogP contribution in [0.4, 0.5) is 5.13 Å². The minimum atomic E-state index is -0.226. The summed E-state index contributed by atoms with van der Waals surface area (Å²) in [5, 5.41) is 6.72. The van der Waals surface area contributed by atoms with Gasteiger partial charge in [0, 0.05) is 24.9 Å². The number of amides is 1. The molecule has 7 heteroatoms. The number of ether oxygens (including phenoxy) is 1. The quantitative estimate of drug-likeness (QED) is 0.617. The molecule has 0 fully saturated rings. The van der Waals surface area contributed by atoms with Crippen molar-refractivity contribution in [1.82, 2.24) is 10.3 Å². The molecule has 2 N–H and O–H groups in total. The number of aryl methyl sites for hydroxylation is 1. The van der Waals surface area contributed by atoms with Crippen molar-refractivity contribution in [2.24, 2.45) is 0 Å². The Kier molecular flexibility index (Phi) is 5.55. The highest BCUT2D eigenvalue weighted by Crippen LogP contribution is 2.37. The van der Waals surface area contributed by atoms with Crippen LogP contribution in [0.5, 0.6) is 0 Å².